The predicted molar refractivity (Wildman–Crippen MR) is 154 cm³/mol. The summed E-state index contributed by atoms with van der Waals surface area (Å²) in [4.78, 5) is 0. The summed E-state index contributed by atoms with van der Waals surface area (Å²) in [5.74, 6) is 0. The van der Waals surface area contributed by atoms with Crippen LogP contribution in [0.5, 0.6) is 0 Å². The maximum Gasteiger partial charge on any atom is 0.0466 e. The van der Waals surface area contributed by atoms with Gasteiger partial charge in [-0.15, -0.1) is 11.4 Å². The average molecular weight is 971 g/mol. The molecule has 14 heteroatoms. The minimum absolute atomic E-state index is 0. The van der Waals surface area contributed by atoms with Crippen LogP contribution in [0.2, 0.25) is 0 Å². The second-order valence-corrected chi connectivity index (χ2v) is 13.9. The standard InChI is InChI=1S/2C11H19N2.2C4H8O.6O.2Re/c2*1-10(2,3)8-7-9(13-12-8)11(4,5)6;2*1-2-4-5-3-1;;;;;;;;/h2*7H,1-6H3;2*1-4H2;;;;;;;;/q2*-1;;;6*-2;;. The Bertz CT molecular complexity index is 733. The van der Waals surface area contributed by atoms with Gasteiger partial charge in [0.25, 0.3) is 0 Å². The zero-order chi connectivity index (χ0) is 27.6. The Hall–Kier alpha value is -0.575. The fourth-order valence-corrected chi connectivity index (χ4v) is 3.08. The van der Waals surface area contributed by atoms with Crippen molar-refractivity contribution in [2.75, 3.05) is 26.4 Å². The van der Waals surface area contributed by atoms with Gasteiger partial charge in [0.15, 0.2) is 0 Å². The van der Waals surface area contributed by atoms with E-state index in [4.69, 9.17) is 9.47 Å². The van der Waals surface area contributed by atoms with E-state index in [1.54, 1.807) is 0 Å². The molecule has 2 aliphatic heterocycles. The minimum atomic E-state index is 0. The molecule has 0 aliphatic carbocycles. The first-order valence-electron chi connectivity index (χ1n) is 13.6. The third-order valence-electron chi connectivity index (χ3n) is 5.81. The van der Waals surface area contributed by atoms with Gasteiger partial charge < -0.3 is 62.7 Å². The normalized spacial score (nSPS) is 13.4. The van der Waals surface area contributed by atoms with Gasteiger partial charge in [-0.3, -0.25) is 0 Å². The SMILES string of the molecule is C1CCOC1.C1CCOC1.CC(C)(C)c1cc(C(C)(C)C)[n-]n1.CC(C)(C)c1cc(C(C)(C)C)[n-]n1.[O-2].[O-2].[O-2].[O-2].[O-2].[O-2].[Re].[Re]. The first-order chi connectivity index (χ1) is 16.4. The minimum Gasteiger partial charge on any atom is -2.00 e. The number of aromatic nitrogens is 4. The molecule has 0 aromatic carbocycles. The molecule has 0 unspecified atom stereocenters. The maximum absolute atomic E-state index is 4.94. The van der Waals surface area contributed by atoms with E-state index in [1.807, 2.05) is 0 Å². The van der Waals surface area contributed by atoms with Crippen molar-refractivity contribution in [3.8, 4) is 0 Å². The number of hydrogen-bond donors (Lipinski definition) is 0. The largest absolute Gasteiger partial charge is 2.00 e. The van der Waals surface area contributed by atoms with Crippen molar-refractivity contribution in [2.45, 2.75) is 130 Å². The van der Waals surface area contributed by atoms with Gasteiger partial charge in [-0.25, -0.2) is 0 Å². The van der Waals surface area contributed by atoms with Gasteiger partial charge in [0.1, 0.15) is 0 Å². The fourth-order valence-electron chi connectivity index (χ4n) is 3.08. The summed E-state index contributed by atoms with van der Waals surface area (Å²) in [6.45, 7) is 29.9. The van der Waals surface area contributed by atoms with Crippen LogP contribution in [-0.2, 0) is 105 Å². The number of nitrogens with zero attached hydrogens (tertiary/aromatic N) is 4. The number of hydrogen-bond acceptors (Lipinski definition) is 4. The topological polar surface area (TPSA) is 243 Å². The molecule has 2 radical (unpaired) electrons. The molecule has 0 atom stereocenters. The van der Waals surface area contributed by atoms with E-state index in [0.29, 0.717) is 0 Å². The molecule has 0 spiro atoms. The Labute approximate surface area is 294 Å². The molecule has 2 aromatic rings. The first kappa shape index (κ1) is 62.3. The van der Waals surface area contributed by atoms with E-state index < -0.39 is 0 Å². The van der Waals surface area contributed by atoms with E-state index in [0.717, 1.165) is 49.2 Å². The summed E-state index contributed by atoms with van der Waals surface area (Å²) in [6.07, 6.45) is 5.11. The molecular weight excluding hydrogens is 917 g/mol. The van der Waals surface area contributed by atoms with Gasteiger partial charge in [0.05, 0.1) is 0 Å². The zero-order valence-electron chi connectivity index (χ0n) is 28.6. The molecule has 2 aliphatic rings. The fraction of sp³-hybridized carbons (Fsp3) is 0.800. The van der Waals surface area contributed by atoms with Crippen LogP contribution in [0.15, 0.2) is 12.1 Å². The number of ether oxygens (including phenoxy) is 2. The summed E-state index contributed by atoms with van der Waals surface area (Å²) in [5.41, 5.74) is 4.75. The molecule has 2 fully saturated rings. The second kappa shape index (κ2) is 27.5. The van der Waals surface area contributed by atoms with Crippen molar-refractivity contribution >= 4 is 0 Å². The smallest absolute Gasteiger partial charge is 0.0466 e. The molecule has 44 heavy (non-hydrogen) atoms. The van der Waals surface area contributed by atoms with Gasteiger partial charge in [-0.2, -0.15) is 0 Å². The van der Waals surface area contributed by atoms with Crippen LogP contribution >= 0.6 is 0 Å². The van der Waals surface area contributed by atoms with Gasteiger partial charge >= 0.3 is 0 Å². The Kier molecular flexibility index (Phi) is 39.0. The van der Waals surface area contributed by atoms with Gasteiger partial charge in [-0.1, -0.05) is 95.2 Å². The third kappa shape index (κ3) is 25.6. The van der Waals surface area contributed by atoms with Crippen LogP contribution < -0.4 is 10.2 Å². The summed E-state index contributed by atoms with van der Waals surface area (Å²) in [5, 5.41) is 16.8. The molecule has 2 aromatic heterocycles. The Morgan fingerprint density at radius 2 is 0.682 bits per heavy atom. The van der Waals surface area contributed by atoms with Crippen LogP contribution in [0.25, 0.3) is 0 Å². The van der Waals surface area contributed by atoms with E-state index in [1.165, 1.54) is 25.7 Å². The molecule has 0 bridgehead atoms. The average Bonchev–Trinajstić information content (AvgIpc) is 3.57. The Morgan fingerprint density at radius 1 is 0.455 bits per heavy atom. The van der Waals surface area contributed by atoms with E-state index in [-0.39, 0.29) is 95.4 Å². The predicted octanol–water partition coefficient (Wildman–Crippen LogP) is 6.14. The third-order valence-corrected chi connectivity index (χ3v) is 5.81. The maximum atomic E-state index is 4.94. The molecule has 0 saturated carbocycles. The Balaban J connectivity index is -0.0000000657. The van der Waals surface area contributed by atoms with E-state index >= 15 is 0 Å². The molecule has 4 heterocycles. The van der Waals surface area contributed by atoms with Crippen molar-refractivity contribution in [3.63, 3.8) is 0 Å². The molecular formula is C30H54N4O8Re2-14. The molecule has 4 rings (SSSR count). The van der Waals surface area contributed by atoms with Crippen LogP contribution in [0.4, 0.5) is 0 Å². The second-order valence-electron chi connectivity index (χ2n) is 13.9. The van der Waals surface area contributed by atoms with Crippen molar-refractivity contribution in [2.24, 2.45) is 0 Å². The van der Waals surface area contributed by atoms with Crippen LogP contribution in [-0.4, -0.2) is 36.6 Å². The molecule has 2 saturated heterocycles. The van der Waals surface area contributed by atoms with Crippen LogP contribution in [0, 0.1) is 0 Å². The quantitative estimate of drug-likeness (QED) is 0.300. The summed E-state index contributed by atoms with van der Waals surface area (Å²) in [7, 11) is 0. The molecule has 0 amide bonds. The molecule has 12 nitrogen and oxygen atoms in total. The van der Waals surface area contributed by atoms with Gasteiger partial charge in [0.2, 0.25) is 0 Å². The first-order valence-corrected chi connectivity index (χ1v) is 13.6. The zero-order valence-corrected chi connectivity index (χ0v) is 34.1. The van der Waals surface area contributed by atoms with Gasteiger partial charge in [-0.05, 0) is 36.5 Å². The van der Waals surface area contributed by atoms with Crippen molar-refractivity contribution in [1.29, 1.82) is 0 Å². The van der Waals surface area contributed by atoms with Crippen LogP contribution in [0.3, 0.4) is 0 Å². The summed E-state index contributed by atoms with van der Waals surface area (Å²) in [6, 6.07) is 4.22. The van der Waals surface area contributed by atoms with Crippen molar-refractivity contribution in [1.82, 2.24) is 20.4 Å². The van der Waals surface area contributed by atoms with E-state index in [9.17, 15) is 0 Å². The van der Waals surface area contributed by atoms with Gasteiger partial charge in [0, 0.05) is 89.5 Å². The van der Waals surface area contributed by atoms with Crippen LogP contribution in [0.1, 0.15) is 132 Å². The monoisotopic (exact) mass is 972 g/mol. The van der Waals surface area contributed by atoms with Crippen molar-refractivity contribution in [3.05, 3.63) is 34.9 Å². The summed E-state index contributed by atoms with van der Waals surface area (Å²) >= 11 is 0. The van der Waals surface area contributed by atoms with E-state index in [2.05, 4.69) is 116 Å². The number of rotatable bonds is 0. The Morgan fingerprint density at radius 3 is 0.773 bits per heavy atom. The molecule has 270 valence electrons. The molecule has 0 N–H and O–H groups in total. The summed E-state index contributed by atoms with van der Waals surface area (Å²) < 4.78 is 9.89. The van der Waals surface area contributed by atoms with Crippen molar-refractivity contribution < 1.29 is 83.2 Å².